The number of imidazole rings is 1. The Hall–Kier alpha value is -4.27. The number of benzene rings is 2. The molecule has 210 valence electrons. The summed E-state index contributed by atoms with van der Waals surface area (Å²) >= 11 is 0. The Morgan fingerprint density at radius 2 is 1.80 bits per heavy atom. The Labute approximate surface area is 223 Å². The van der Waals surface area contributed by atoms with Gasteiger partial charge in [-0.15, -0.1) is 10.2 Å². The molecule has 1 unspecified atom stereocenters. The van der Waals surface area contributed by atoms with Crippen LogP contribution in [0.25, 0.3) is 11.5 Å². The Kier molecular flexibility index (Phi) is 7.31. The zero-order valence-corrected chi connectivity index (χ0v) is 20.7. The van der Waals surface area contributed by atoms with Crippen LogP contribution in [0.15, 0.2) is 42.5 Å². The van der Waals surface area contributed by atoms with E-state index in [2.05, 4.69) is 25.6 Å². The fourth-order valence-electron chi connectivity index (χ4n) is 4.94. The highest BCUT2D eigenvalue weighted by molar-refractivity contribution is 5.78. The lowest BCUT2D eigenvalue weighted by molar-refractivity contribution is -0.148. The number of carbonyl (C=O) groups is 1. The van der Waals surface area contributed by atoms with Crippen molar-refractivity contribution < 1.29 is 31.1 Å². The van der Waals surface area contributed by atoms with Crippen LogP contribution in [-0.4, -0.2) is 53.6 Å². The van der Waals surface area contributed by atoms with Crippen molar-refractivity contribution >= 4 is 5.91 Å². The predicted octanol–water partition coefficient (Wildman–Crippen LogP) is 3.59. The number of hydrogen-bond donors (Lipinski definition) is 2. The van der Waals surface area contributed by atoms with Crippen LogP contribution in [0.1, 0.15) is 35.1 Å². The maximum atomic E-state index is 14.2. The van der Waals surface area contributed by atoms with Crippen LogP contribution in [0.5, 0.6) is 0 Å². The smallest absolute Gasteiger partial charge is 0.332 e. The lowest BCUT2D eigenvalue weighted by atomic mass is 9.96. The van der Waals surface area contributed by atoms with E-state index >= 15 is 0 Å². The summed E-state index contributed by atoms with van der Waals surface area (Å²) in [6, 6.07) is 8.01. The van der Waals surface area contributed by atoms with Gasteiger partial charge < -0.3 is 15.2 Å². The van der Waals surface area contributed by atoms with Gasteiger partial charge in [0.2, 0.25) is 17.6 Å². The molecule has 15 heteroatoms. The maximum Gasteiger partial charge on any atom is 0.449 e. The Morgan fingerprint density at radius 3 is 2.48 bits per heavy atom. The SMILES string of the molecule is N[C@@H](CC(=O)N1CCn2c(C(F)(F)F)nc(-c3nn[nH]n3)c2C1Cc1ccccc1)Cc1cc(F)c(F)cc1F. The van der Waals surface area contributed by atoms with Crippen LogP contribution < -0.4 is 5.73 Å². The molecule has 40 heavy (non-hydrogen) atoms. The van der Waals surface area contributed by atoms with E-state index < -0.39 is 47.4 Å². The van der Waals surface area contributed by atoms with Gasteiger partial charge in [0.25, 0.3) is 0 Å². The van der Waals surface area contributed by atoms with Gasteiger partial charge in [-0.05, 0) is 35.2 Å². The quantitative estimate of drug-likeness (QED) is 0.262. The first-order valence-electron chi connectivity index (χ1n) is 12.2. The second kappa shape index (κ2) is 10.7. The molecule has 2 aromatic carbocycles. The highest BCUT2D eigenvalue weighted by Gasteiger charge is 2.44. The van der Waals surface area contributed by atoms with Crippen LogP contribution in [0.3, 0.4) is 0 Å². The van der Waals surface area contributed by atoms with Gasteiger partial charge in [-0.3, -0.25) is 4.79 Å². The van der Waals surface area contributed by atoms with Crippen LogP contribution >= 0.6 is 0 Å². The minimum atomic E-state index is -4.79. The third-order valence-corrected chi connectivity index (χ3v) is 6.67. The van der Waals surface area contributed by atoms with Crippen molar-refractivity contribution in [3.05, 3.63) is 82.6 Å². The average Bonchev–Trinajstić information content (AvgIpc) is 3.56. The fraction of sp³-hybridized carbons (Fsp3) is 0.320. The van der Waals surface area contributed by atoms with E-state index in [1.54, 1.807) is 30.3 Å². The molecule has 5 rings (SSSR count). The molecule has 0 fully saturated rings. The van der Waals surface area contributed by atoms with Crippen molar-refractivity contribution in [1.82, 2.24) is 35.1 Å². The first kappa shape index (κ1) is 27.3. The lowest BCUT2D eigenvalue weighted by Gasteiger charge is -2.38. The van der Waals surface area contributed by atoms with Crippen molar-refractivity contribution in [1.29, 1.82) is 0 Å². The normalized spacial score (nSPS) is 16.2. The van der Waals surface area contributed by atoms with Gasteiger partial charge in [0, 0.05) is 31.6 Å². The molecule has 9 nitrogen and oxygen atoms in total. The molecule has 3 heterocycles. The molecule has 4 aromatic rings. The molecule has 3 N–H and O–H groups in total. The number of amides is 1. The topological polar surface area (TPSA) is 119 Å². The summed E-state index contributed by atoms with van der Waals surface area (Å²) in [5.74, 6) is -5.45. The Morgan fingerprint density at radius 1 is 1.07 bits per heavy atom. The minimum absolute atomic E-state index is 0.0809. The van der Waals surface area contributed by atoms with Crippen LogP contribution in [0.2, 0.25) is 0 Å². The largest absolute Gasteiger partial charge is 0.449 e. The zero-order valence-electron chi connectivity index (χ0n) is 20.7. The van der Waals surface area contributed by atoms with E-state index in [-0.39, 0.29) is 55.1 Å². The fourth-order valence-corrected chi connectivity index (χ4v) is 4.94. The average molecular weight is 564 g/mol. The number of aromatic nitrogens is 6. The Bertz CT molecular complexity index is 1510. The first-order valence-corrected chi connectivity index (χ1v) is 12.2. The van der Waals surface area contributed by atoms with Crippen molar-refractivity contribution in [3.63, 3.8) is 0 Å². The highest BCUT2D eigenvalue weighted by atomic mass is 19.4. The highest BCUT2D eigenvalue weighted by Crippen LogP contribution is 2.40. The first-order chi connectivity index (χ1) is 19.0. The summed E-state index contributed by atoms with van der Waals surface area (Å²) in [6.07, 6.45) is -5.26. The minimum Gasteiger partial charge on any atom is -0.332 e. The standard InChI is InChI=1S/C25H22F6N8O/c26-16-12-18(28)17(27)10-14(16)9-15(32)11-20(40)38-6-7-39-22(19(38)8-13-4-2-1-3-5-13)21(23-34-36-37-35-23)33-24(39)25(29,30)31/h1-5,10,12,15,19H,6-9,11,32H2,(H,34,35,36,37)/t15-,19?/m1/s1. The molecule has 0 aliphatic carbocycles. The van der Waals surface area contributed by atoms with Gasteiger partial charge in [-0.2, -0.15) is 18.4 Å². The van der Waals surface area contributed by atoms with Crippen molar-refractivity contribution in [3.8, 4) is 11.5 Å². The summed E-state index contributed by atoms with van der Waals surface area (Å²) in [5.41, 5.74) is 6.54. The van der Waals surface area contributed by atoms with E-state index in [0.717, 1.165) is 10.1 Å². The third-order valence-electron chi connectivity index (χ3n) is 6.67. The van der Waals surface area contributed by atoms with Gasteiger partial charge in [0.15, 0.2) is 11.6 Å². The molecule has 0 saturated heterocycles. The Balaban J connectivity index is 1.50. The second-order valence-electron chi connectivity index (χ2n) is 9.37. The van der Waals surface area contributed by atoms with E-state index in [0.29, 0.717) is 12.1 Å². The molecular weight excluding hydrogens is 542 g/mol. The molecule has 1 amide bonds. The monoisotopic (exact) mass is 564 g/mol. The van der Waals surface area contributed by atoms with Gasteiger partial charge in [-0.1, -0.05) is 30.3 Å². The van der Waals surface area contributed by atoms with Crippen molar-refractivity contribution in [2.24, 2.45) is 5.73 Å². The molecular formula is C25H22F6N8O. The van der Waals surface area contributed by atoms with Crippen molar-refractivity contribution in [2.45, 2.75) is 44.1 Å². The molecule has 0 bridgehead atoms. The van der Waals surface area contributed by atoms with Crippen LogP contribution in [-0.2, 0) is 30.4 Å². The zero-order chi connectivity index (χ0) is 28.6. The number of rotatable bonds is 7. The summed E-state index contributed by atoms with van der Waals surface area (Å²) < 4.78 is 84.0. The van der Waals surface area contributed by atoms with E-state index in [4.69, 9.17) is 5.73 Å². The summed E-state index contributed by atoms with van der Waals surface area (Å²) in [6.45, 7) is -0.320. The molecule has 0 spiro atoms. The number of nitrogens with one attached hydrogen (secondary N) is 1. The number of halogens is 6. The number of alkyl halides is 3. The number of carbonyl (C=O) groups excluding carboxylic acids is 1. The van der Waals surface area contributed by atoms with Crippen LogP contribution in [0, 0.1) is 17.5 Å². The second-order valence-corrected chi connectivity index (χ2v) is 9.37. The number of tetrazole rings is 1. The van der Waals surface area contributed by atoms with Crippen molar-refractivity contribution in [2.75, 3.05) is 6.54 Å². The number of nitrogens with zero attached hydrogens (tertiary/aromatic N) is 6. The summed E-state index contributed by atoms with van der Waals surface area (Å²) in [4.78, 5) is 18.7. The number of H-pyrrole nitrogens is 1. The summed E-state index contributed by atoms with van der Waals surface area (Å²) in [7, 11) is 0. The number of aromatic amines is 1. The maximum absolute atomic E-state index is 14.2. The molecule has 2 atom stereocenters. The summed E-state index contributed by atoms with van der Waals surface area (Å²) in [5, 5.41) is 13.3. The van der Waals surface area contributed by atoms with Crippen LogP contribution in [0.4, 0.5) is 26.3 Å². The molecule has 2 aromatic heterocycles. The molecule has 1 aliphatic rings. The van der Waals surface area contributed by atoms with Gasteiger partial charge in [0.05, 0.1) is 11.7 Å². The van der Waals surface area contributed by atoms with E-state index in [1.165, 1.54) is 4.90 Å². The van der Waals surface area contributed by atoms with E-state index in [9.17, 15) is 31.1 Å². The number of nitrogens with two attached hydrogens (primary N) is 1. The number of hydrogen-bond acceptors (Lipinski definition) is 6. The van der Waals surface area contributed by atoms with E-state index in [1.807, 2.05) is 0 Å². The number of fused-ring (bicyclic) bond motifs is 1. The lowest BCUT2D eigenvalue weighted by Crippen LogP contribution is -2.45. The van der Waals surface area contributed by atoms with Gasteiger partial charge in [0.1, 0.15) is 11.5 Å². The van der Waals surface area contributed by atoms with Gasteiger partial charge in [-0.25, -0.2) is 18.2 Å². The third kappa shape index (κ3) is 5.41. The predicted molar refractivity (Wildman–Crippen MR) is 128 cm³/mol. The van der Waals surface area contributed by atoms with Gasteiger partial charge >= 0.3 is 6.18 Å². The molecule has 0 radical (unpaired) electrons. The molecule has 0 saturated carbocycles. The molecule has 1 aliphatic heterocycles.